The van der Waals surface area contributed by atoms with Crippen LogP contribution in [0.4, 0.5) is 11.6 Å². The van der Waals surface area contributed by atoms with Crippen molar-refractivity contribution in [3.8, 4) is 0 Å². The molecule has 1 aliphatic rings. The van der Waals surface area contributed by atoms with Gasteiger partial charge in [0.25, 0.3) is 11.2 Å². The molecule has 4 unspecified atom stereocenters. The van der Waals surface area contributed by atoms with E-state index in [9.17, 15) is 48.9 Å². The number of imidazole rings is 1. The van der Waals surface area contributed by atoms with Gasteiger partial charge in [-0.1, -0.05) is 12.1 Å². The molecular formula is C18H24N7O15P3. The number of aromatic amines is 1. The van der Waals surface area contributed by atoms with E-state index in [4.69, 9.17) is 24.7 Å². The highest BCUT2D eigenvalue weighted by atomic mass is 31.3. The number of para-hydroxylation sites is 1. The summed E-state index contributed by atoms with van der Waals surface area (Å²) in [4.78, 5) is 62.3. The number of rotatable bonds is 12. The quantitative estimate of drug-likeness (QED) is 0.0748. The Kier molecular flexibility index (Phi) is 9.36. The van der Waals surface area contributed by atoms with Crippen LogP contribution in [0.3, 0.4) is 0 Å². The summed E-state index contributed by atoms with van der Waals surface area (Å²) in [6, 6.07) is 4.97. The third-order valence-corrected chi connectivity index (χ3v) is 10.2. The molecule has 3 aromatic rings. The number of nitrogen functional groups attached to an aromatic ring is 1. The first kappa shape index (κ1) is 33.0. The van der Waals surface area contributed by atoms with Crippen LogP contribution in [-0.2, 0) is 31.5 Å². The number of ether oxygens (including phenoxy) is 1. The maximum absolute atomic E-state index is 12.3. The van der Waals surface area contributed by atoms with E-state index in [2.05, 4.69) is 23.6 Å². The van der Waals surface area contributed by atoms with E-state index in [-0.39, 0.29) is 22.7 Å². The Morgan fingerprint density at radius 2 is 1.88 bits per heavy atom. The lowest BCUT2D eigenvalue weighted by atomic mass is 10.1. The Balaban J connectivity index is 1.39. The third-order valence-electron chi connectivity index (χ3n) is 5.76. The van der Waals surface area contributed by atoms with Gasteiger partial charge in [0.05, 0.1) is 29.5 Å². The molecule has 1 aromatic carbocycles. The molecule has 9 N–H and O–H groups in total. The largest absolute Gasteiger partial charge is 0.488 e. The van der Waals surface area contributed by atoms with Crippen LogP contribution in [0.15, 0.2) is 35.4 Å². The molecule has 8 atom stereocenters. The van der Waals surface area contributed by atoms with Gasteiger partial charge < -0.3 is 35.4 Å². The minimum Gasteiger partial charge on any atom is -0.387 e. The molecular weight excluding hydrogens is 647 g/mol. The fourth-order valence-corrected chi connectivity index (χ4v) is 7.74. The van der Waals surface area contributed by atoms with Crippen molar-refractivity contribution < 1.29 is 61.4 Å². The molecule has 4 rings (SSSR count). The topological polar surface area (TPSA) is 338 Å². The SMILES string of the molecule is CC(OP(=O)(O)OP(=O)(O)OP(=N)(O)OC[C@H]1O[C@@H](n2cnc3c(=O)[nH]c(N)nc32)[C@H](O)[C@@H]1O)c1ccccc1[N+](=O)[O-]. The minimum atomic E-state index is -5.79. The molecule has 1 fully saturated rings. The van der Waals surface area contributed by atoms with Crippen molar-refractivity contribution in [1.29, 1.82) is 5.16 Å². The number of hydrogen-bond donors (Lipinski definition) is 8. The summed E-state index contributed by atoms with van der Waals surface area (Å²) in [5.74, 6) is -0.280. The van der Waals surface area contributed by atoms with Gasteiger partial charge in [0, 0.05) is 6.07 Å². The first-order valence-corrected chi connectivity index (χ1v) is 16.2. The van der Waals surface area contributed by atoms with Crippen LogP contribution in [0.1, 0.15) is 24.8 Å². The van der Waals surface area contributed by atoms with Gasteiger partial charge >= 0.3 is 23.4 Å². The van der Waals surface area contributed by atoms with Crippen molar-refractivity contribution in [2.45, 2.75) is 37.6 Å². The van der Waals surface area contributed by atoms with Crippen molar-refractivity contribution >= 4 is 46.2 Å². The molecule has 0 spiro atoms. The lowest BCUT2D eigenvalue weighted by Crippen LogP contribution is -2.33. The van der Waals surface area contributed by atoms with Crippen molar-refractivity contribution in [2.24, 2.45) is 0 Å². The number of nitrogens with two attached hydrogens (primary N) is 1. The Labute approximate surface area is 239 Å². The van der Waals surface area contributed by atoms with Gasteiger partial charge in [-0.05, 0) is 13.0 Å². The molecule has 0 amide bonds. The molecule has 0 radical (unpaired) electrons. The van der Waals surface area contributed by atoms with Crippen molar-refractivity contribution in [2.75, 3.05) is 12.3 Å². The monoisotopic (exact) mass is 671 g/mol. The zero-order valence-electron chi connectivity index (χ0n) is 21.5. The molecule has 1 saturated heterocycles. The molecule has 43 heavy (non-hydrogen) atoms. The van der Waals surface area contributed by atoms with Gasteiger partial charge in [0.15, 0.2) is 17.4 Å². The molecule has 0 aliphatic carbocycles. The lowest BCUT2D eigenvalue weighted by molar-refractivity contribution is -0.386. The van der Waals surface area contributed by atoms with Crippen molar-refractivity contribution in [3.63, 3.8) is 0 Å². The van der Waals surface area contributed by atoms with Crippen LogP contribution in [-0.4, -0.2) is 74.3 Å². The number of phosphoric ester groups is 1. The van der Waals surface area contributed by atoms with E-state index in [1.165, 1.54) is 18.2 Å². The van der Waals surface area contributed by atoms with Crippen LogP contribution in [0.25, 0.3) is 11.2 Å². The summed E-state index contributed by atoms with van der Waals surface area (Å²) in [6.45, 7) is 0.173. The Hall–Kier alpha value is -2.94. The number of hydrogen-bond acceptors (Lipinski definition) is 16. The predicted octanol–water partition coefficient (Wildman–Crippen LogP) is 0.775. The van der Waals surface area contributed by atoms with Crippen LogP contribution >= 0.6 is 23.4 Å². The molecule has 2 aromatic heterocycles. The van der Waals surface area contributed by atoms with Gasteiger partial charge in [-0.2, -0.15) is 9.29 Å². The number of nitrogens with zero attached hydrogens (tertiary/aromatic N) is 4. The molecule has 1 aliphatic heterocycles. The standard InChI is InChI=1S/C18H24N7O15P3/c1-8(9-4-2-3-5-10(9)25(29)30)38-42(32,33)40-43(34,35)39-41(20,31)36-6-11-13(26)14(27)17(37-11)24-7-21-12-15(24)22-18(19)23-16(12)28/h2-5,7-8,11,13-14,17,26-27H,6H2,1H3,(H2,20,31)(H,32,33)(H,34,35)(H3,19,22,23,28)/t8?,11-,13-,14-,17-,41?/m1/s1. The molecule has 25 heteroatoms. The number of aromatic nitrogens is 4. The van der Waals surface area contributed by atoms with Crippen molar-refractivity contribution in [3.05, 3.63) is 56.6 Å². The number of nitrogens with one attached hydrogen (secondary N) is 2. The number of aliphatic hydroxyl groups is 2. The molecule has 236 valence electrons. The number of aliphatic hydroxyl groups excluding tert-OH is 2. The Bertz CT molecular complexity index is 1730. The van der Waals surface area contributed by atoms with Crippen LogP contribution < -0.4 is 11.3 Å². The smallest absolute Gasteiger partial charge is 0.387 e. The summed E-state index contributed by atoms with van der Waals surface area (Å²) in [5.41, 5.74) is 3.89. The fourth-order valence-electron chi connectivity index (χ4n) is 3.98. The second-order valence-corrected chi connectivity index (χ2v) is 13.5. The van der Waals surface area contributed by atoms with Gasteiger partial charge in [0.2, 0.25) is 5.95 Å². The first-order chi connectivity index (χ1) is 19.9. The zero-order valence-corrected chi connectivity index (χ0v) is 24.2. The molecule has 0 bridgehead atoms. The van der Waals surface area contributed by atoms with Gasteiger partial charge in [-0.3, -0.25) is 33.5 Å². The normalized spacial score (nSPS) is 25.5. The average Bonchev–Trinajstić information content (AvgIpc) is 3.41. The average molecular weight is 671 g/mol. The number of nitro groups is 1. The van der Waals surface area contributed by atoms with E-state index in [1.807, 2.05) is 0 Å². The van der Waals surface area contributed by atoms with Crippen LogP contribution in [0.2, 0.25) is 0 Å². The maximum Gasteiger partial charge on any atom is 0.488 e. The Morgan fingerprint density at radius 1 is 1.21 bits per heavy atom. The Morgan fingerprint density at radius 3 is 2.56 bits per heavy atom. The third kappa shape index (κ3) is 7.59. The first-order valence-electron chi connectivity index (χ1n) is 11.6. The number of phosphoric acid groups is 2. The van der Waals surface area contributed by atoms with Crippen LogP contribution in [0.5, 0.6) is 0 Å². The summed E-state index contributed by atoms with van der Waals surface area (Å²) >= 11 is 0. The second-order valence-electron chi connectivity index (χ2n) is 8.80. The van der Waals surface area contributed by atoms with E-state index < -0.39 is 76.8 Å². The van der Waals surface area contributed by atoms with Gasteiger partial charge in [-0.25, -0.2) is 23.6 Å². The summed E-state index contributed by atoms with van der Waals surface area (Å²) in [5, 5.41) is 39.8. The van der Waals surface area contributed by atoms with Gasteiger partial charge in [0.1, 0.15) is 18.3 Å². The van der Waals surface area contributed by atoms with Crippen molar-refractivity contribution in [1.82, 2.24) is 19.5 Å². The fraction of sp³-hybridized carbons (Fsp3) is 0.389. The molecule has 3 heterocycles. The predicted molar refractivity (Wildman–Crippen MR) is 141 cm³/mol. The van der Waals surface area contributed by atoms with E-state index >= 15 is 0 Å². The highest BCUT2D eigenvalue weighted by Crippen LogP contribution is 2.68. The molecule has 22 nitrogen and oxygen atoms in total. The van der Waals surface area contributed by atoms with Crippen LogP contribution in [0, 0.1) is 15.3 Å². The highest BCUT2D eigenvalue weighted by Gasteiger charge is 2.46. The summed E-state index contributed by atoms with van der Waals surface area (Å²) in [7, 11) is -16.5. The van der Waals surface area contributed by atoms with E-state index in [1.54, 1.807) is 0 Å². The van der Waals surface area contributed by atoms with Gasteiger partial charge in [-0.15, -0.1) is 0 Å². The summed E-state index contributed by atoms with van der Waals surface area (Å²) in [6.07, 6.45) is -6.82. The highest BCUT2D eigenvalue weighted by molar-refractivity contribution is 7.67. The number of nitro benzene ring substituents is 1. The number of benzene rings is 1. The lowest BCUT2D eigenvalue weighted by Gasteiger charge is -2.23. The summed E-state index contributed by atoms with van der Waals surface area (Å²) < 4.78 is 49.0. The zero-order chi connectivity index (χ0) is 31.9. The van der Waals surface area contributed by atoms with E-state index in [0.29, 0.717) is 0 Å². The number of anilines is 1. The number of fused-ring (bicyclic) bond motifs is 1. The molecule has 0 saturated carbocycles. The minimum absolute atomic E-state index is 0.114. The second kappa shape index (κ2) is 12.2. The number of H-pyrrole nitrogens is 1. The van der Waals surface area contributed by atoms with E-state index in [0.717, 1.165) is 23.9 Å². The maximum atomic E-state index is 12.3.